The second kappa shape index (κ2) is 10.6. The molecule has 0 bridgehead atoms. The molecule has 0 saturated carbocycles. The summed E-state index contributed by atoms with van der Waals surface area (Å²) >= 11 is 0. The minimum atomic E-state index is -0.231. The molecule has 0 aliphatic carbocycles. The van der Waals surface area contributed by atoms with E-state index in [0.29, 0.717) is 25.5 Å². The molecule has 27 heavy (non-hydrogen) atoms. The fraction of sp³-hybridized carbons (Fsp3) is 0.579. The second-order valence-corrected chi connectivity index (χ2v) is 6.82. The Bertz CT molecular complexity index is 656. The smallest absolute Gasteiger partial charge is 0.217 e. The third-order valence-corrected chi connectivity index (χ3v) is 4.66. The number of ether oxygens (including phenoxy) is 2. The van der Waals surface area contributed by atoms with Crippen molar-refractivity contribution >= 4 is 35.8 Å². The first-order valence-corrected chi connectivity index (χ1v) is 9.35. The summed E-state index contributed by atoms with van der Waals surface area (Å²) in [5.74, 6) is 2.48. The molecule has 2 heterocycles. The first-order chi connectivity index (χ1) is 12.7. The number of fused-ring (bicyclic) bond motifs is 1. The lowest BCUT2D eigenvalue weighted by Gasteiger charge is -2.35. The van der Waals surface area contributed by atoms with E-state index in [1.165, 1.54) is 0 Å². The Morgan fingerprint density at radius 1 is 1.37 bits per heavy atom. The van der Waals surface area contributed by atoms with Crippen LogP contribution in [-0.2, 0) is 4.79 Å². The van der Waals surface area contributed by atoms with Crippen LogP contribution in [0.1, 0.15) is 26.2 Å². The van der Waals surface area contributed by atoms with Crippen LogP contribution in [0.3, 0.4) is 0 Å². The minimum absolute atomic E-state index is 0. The number of piperidine rings is 1. The van der Waals surface area contributed by atoms with Crippen LogP contribution < -0.4 is 20.5 Å². The molecular weight excluding hydrogens is 459 g/mol. The summed E-state index contributed by atoms with van der Waals surface area (Å²) < 4.78 is 11.7. The van der Waals surface area contributed by atoms with Gasteiger partial charge in [-0.3, -0.25) is 4.79 Å². The number of rotatable bonds is 5. The minimum Gasteiger partial charge on any atom is -0.486 e. The van der Waals surface area contributed by atoms with Gasteiger partial charge in [0, 0.05) is 26.1 Å². The van der Waals surface area contributed by atoms with E-state index in [-0.39, 0.29) is 36.0 Å². The van der Waals surface area contributed by atoms with Crippen LogP contribution in [0, 0.1) is 5.92 Å². The number of carbonyl (C=O) groups is 1. The van der Waals surface area contributed by atoms with E-state index in [9.17, 15) is 4.79 Å². The maximum Gasteiger partial charge on any atom is 0.217 e. The maximum atomic E-state index is 11.2. The summed E-state index contributed by atoms with van der Waals surface area (Å²) in [6.07, 6.45) is 2.41. The van der Waals surface area contributed by atoms with Crippen LogP contribution in [0.2, 0.25) is 0 Å². The predicted molar refractivity (Wildman–Crippen MR) is 116 cm³/mol. The Hall–Kier alpha value is -1.71. The number of amides is 1. The lowest BCUT2D eigenvalue weighted by Crippen LogP contribution is -2.47. The Labute approximate surface area is 177 Å². The number of nitrogens with two attached hydrogens (primary N) is 1. The van der Waals surface area contributed by atoms with Gasteiger partial charge >= 0.3 is 0 Å². The number of nitrogens with one attached hydrogen (secondary N) is 1. The molecule has 3 rings (SSSR count). The van der Waals surface area contributed by atoms with Gasteiger partial charge in [0.1, 0.15) is 6.61 Å². The van der Waals surface area contributed by atoms with Gasteiger partial charge in [-0.25, -0.2) is 4.99 Å². The molecule has 3 N–H and O–H groups in total. The quantitative estimate of drug-likeness (QED) is 0.376. The van der Waals surface area contributed by atoms with Crippen molar-refractivity contribution < 1.29 is 14.3 Å². The highest BCUT2D eigenvalue weighted by molar-refractivity contribution is 14.0. The molecule has 0 spiro atoms. The molecule has 150 valence electrons. The van der Waals surface area contributed by atoms with E-state index >= 15 is 0 Å². The zero-order valence-electron chi connectivity index (χ0n) is 15.7. The molecule has 2 unspecified atom stereocenters. The largest absolute Gasteiger partial charge is 0.486 e. The van der Waals surface area contributed by atoms with Gasteiger partial charge in [0.15, 0.2) is 23.6 Å². The highest BCUT2D eigenvalue weighted by Crippen LogP contribution is 2.30. The molecule has 2 aliphatic rings. The van der Waals surface area contributed by atoms with Gasteiger partial charge in [-0.05, 0) is 37.8 Å². The summed E-state index contributed by atoms with van der Waals surface area (Å²) in [4.78, 5) is 18.2. The molecule has 7 nitrogen and oxygen atoms in total. The van der Waals surface area contributed by atoms with Crippen LogP contribution in [0.25, 0.3) is 0 Å². The maximum absolute atomic E-state index is 11.2. The molecule has 1 amide bonds. The molecule has 8 heteroatoms. The SMILES string of the molecule is CCNC(=NCC1COc2ccccc2O1)N1CCCC(CC(N)=O)C1.I. The van der Waals surface area contributed by atoms with Gasteiger partial charge < -0.3 is 25.4 Å². The number of benzene rings is 1. The van der Waals surface area contributed by atoms with Crippen molar-refractivity contribution in [3.63, 3.8) is 0 Å². The summed E-state index contributed by atoms with van der Waals surface area (Å²) in [6, 6.07) is 7.69. The Balaban J connectivity index is 0.00000261. The van der Waals surface area contributed by atoms with Crippen LogP contribution in [-0.4, -0.2) is 55.7 Å². The summed E-state index contributed by atoms with van der Waals surface area (Å²) in [6.45, 7) is 5.60. The molecule has 1 fully saturated rings. The standard InChI is InChI=1S/C19H28N4O3.HI/c1-2-21-19(23-9-5-6-14(12-23)10-18(20)24)22-11-15-13-25-16-7-3-4-8-17(16)26-15;/h3-4,7-8,14-15H,2,5-6,9-13H2,1H3,(H2,20,24)(H,21,22);1H. The average molecular weight is 488 g/mol. The van der Waals surface area contributed by atoms with Crippen LogP contribution in [0.4, 0.5) is 0 Å². The predicted octanol–water partition coefficient (Wildman–Crippen LogP) is 2.00. The van der Waals surface area contributed by atoms with Gasteiger partial charge in [-0.15, -0.1) is 24.0 Å². The van der Waals surface area contributed by atoms with Crippen LogP contribution >= 0.6 is 24.0 Å². The van der Waals surface area contributed by atoms with Crippen molar-refractivity contribution in [3.8, 4) is 11.5 Å². The highest BCUT2D eigenvalue weighted by Gasteiger charge is 2.25. The number of primary amides is 1. The number of likely N-dealkylation sites (tertiary alicyclic amines) is 1. The first-order valence-electron chi connectivity index (χ1n) is 9.35. The number of nitrogens with zero attached hydrogens (tertiary/aromatic N) is 2. The fourth-order valence-electron chi connectivity index (χ4n) is 3.48. The van der Waals surface area contributed by atoms with Crippen LogP contribution in [0.5, 0.6) is 11.5 Å². The Morgan fingerprint density at radius 2 is 2.15 bits per heavy atom. The molecule has 1 saturated heterocycles. The van der Waals surface area contributed by atoms with Crippen molar-refractivity contribution in [2.75, 3.05) is 32.8 Å². The molecule has 0 radical (unpaired) electrons. The normalized spacial score (nSPS) is 22.0. The molecule has 2 aliphatic heterocycles. The van der Waals surface area contributed by atoms with Crippen molar-refractivity contribution in [1.29, 1.82) is 0 Å². The molecule has 0 aromatic heterocycles. The zero-order valence-corrected chi connectivity index (χ0v) is 18.1. The summed E-state index contributed by atoms with van der Waals surface area (Å²) in [5, 5.41) is 3.35. The van der Waals surface area contributed by atoms with E-state index in [2.05, 4.69) is 17.1 Å². The third kappa shape index (κ3) is 6.15. The van der Waals surface area contributed by atoms with E-state index in [0.717, 1.165) is 49.9 Å². The molecule has 2 atom stereocenters. The average Bonchev–Trinajstić information content (AvgIpc) is 2.64. The Morgan fingerprint density at radius 3 is 2.89 bits per heavy atom. The molecule has 1 aromatic rings. The number of para-hydroxylation sites is 2. The number of hydrogen-bond donors (Lipinski definition) is 2. The van der Waals surface area contributed by atoms with Crippen molar-refractivity contribution in [2.24, 2.45) is 16.6 Å². The van der Waals surface area contributed by atoms with Gasteiger partial charge in [0.2, 0.25) is 5.91 Å². The van der Waals surface area contributed by atoms with Gasteiger partial charge in [-0.1, -0.05) is 12.1 Å². The second-order valence-electron chi connectivity index (χ2n) is 6.82. The number of hydrogen-bond acceptors (Lipinski definition) is 4. The number of carbonyl (C=O) groups excluding carboxylic acids is 1. The van der Waals surface area contributed by atoms with E-state index in [4.69, 9.17) is 20.2 Å². The lowest BCUT2D eigenvalue weighted by atomic mass is 9.95. The van der Waals surface area contributed by atoms with E-state index in [1.54, 1.807) is 0 Å². The van der Waals surface area contributed by atoms with Gasteiger partial charge in [0.25, 0.3) is 0 Å². The summed E-state index contributed by atoms with van der Waals surface area (Å²) in [7, 11) is 0. The molecule has 1 aromatic carbocycles. The first kappa shape index (κ1) is 21.6. The summed E-state index contributed by atoms with van der Waals surface area (Å²) in [5.41, 5.74) is 5.36. The van der Waals surface area contributed by atoms with Crippen LogP contribution in [0.15, 0.2) is 29.3 Å². The fourth-order valence-corrected chi connectivity index (χ4v) is 3.48. The van der Waals surface area contributed by atoms with Crippen molar-refractivity contribution in [3.05, 3.63) is 24.3 Å². The van der Waals surface area contributed by atoms with Crippen molar-refractivity contribution in [2.45, 2.75) is 32.3 Å². The van der Waals surface area contributed by atoms with Gasteiger partial charge in [0.05, 0.1) is 6.54 Å². The van der Waals surface area contributed by atoms with E-state index < -0.39 is 0 Å². The van der Waals surface area contributed by atoms with Crippen molar-refractivity contribution in [1.82, 2.24) is 10.2 Å². The number of aliphatic imine (C=N–C) groups is 1. The Kier molecular flexibility index (Phi) is 8.46. The number of guanidine groups is 1. The zero-order chi connectivity index (χ0) is 18.4. The number of halogens is 1. The third-order valence-electron chi connectivity index (χ3n) is 4.66. The topological polar surface area (TPSA) is 89.2 Å². The monoisotopic (exact) mass is 488 g/mol. The highest BCUT2D eigenvalue weighted by atomic mass is 127. The van der Waals surface area contributed by atoms with Gasteiger partial charge in [-0.2, -0.15) is 0 Å². The molecular formula is C19H29IN4O3. The van der Waals surface area contributed by atoms with E-state index in [1.807, 2.05) is 24.3 Å². The lowest BCUT2D eigenvalue weighted by molar-refractivity contribution is -0.119.